The van der Waals surface area contributed by atoms with Gasteiger partial charge < -0.3 is 4.74 Å². The molecule has 0 aromatic heterocycles. The van der Waals surface area contributed by atoms with E-state index < -0.39 is 10.0 Å². The van der Waals surface area contributed by atoms with Gasteiger partial charge in [-0.25, -0.2) is 8.42 Å². The summed E-state index contributed by atoms with van der Waals surface area (Å²) in [4.78, 5) is 0.296. The minimum Gasteiger partial charge on any atom is -0.495 e. The Morgan fingerprint density at radius 2 is 1.78 bits per heavy atom. The summed E-state index contributed by atoms with van der Waals surface area (Å²) in [5.41, 5.74) is 1.79. The Morgan fingerprint density at radius 1 is 1.17 bits per heavy atom. The van der Waals surface area contributed by atoms with Crippen molar-refractivity contribution in [2.75, 3.05) is 20.2 Å². The summed E-state index contributed by atoms with van der Waals surface area (Å²) in [6, 6.07) is 3.63. The summed E-state index contributed by atoms with van der Waals surface area (Å²) in [7, 11) is -1.90. The molecular weight excluding hydrogens is 250 g/mol. The highest BCUT2D eigenvalue weighted by Crippen LogP contribution is 2.32. The van der Waals surface area contributed by atoms with Crippen molar-refractivity contribution in [3.05, 3.63) is 23.3 Å². The maximum Gasteiger partial charge on any atom is 0.246 e. The number of methoxy groups -OCH3 is 1. The molecule has 1 heterocycles. The summed E-state index contributed by atoms with van der Waals surface area (Å²) in [5.74, 6) is 0.465. The van der Waals surface area contributed by atoms with Crippen LogP contribution in [0.25, 0.3) is 0 Å². The molecule has 1 fully saturated rings. The molecule has 0 spiro atoms. The van der Waals surface area contributed by atoms with E-state index in [9.17, 15) is 8.42 Å². The lowest BCUT2D eigenvalue weighted by Crippen LogP contribution is -2.28. The van der Waals surface area contributed by atoms with Gasteiger partial charge in [-0.05, 0) is 43.9 Å². The van der Waals surface area contributed by atoms with Crippen molar-refractivity contribution in [1.82, 2.24) is 4.31 Å². The molecule has 0 N–H and O–H groups in total. The van der Waals surface area contributed by atoms with E-state index in [1.54, 1.807) is 10.4 Å². The highest BCUT2D eigenvalue weighted by Gasteiger charge is 2.30. The number of aryl methyl sites for hydroxylation is 2. The fraction of sp³-hybridized carbons (Fsp3) is 0.538. The standard InChI is InChI=1S/C13H19NO3S/c1-10-8-11(2)13(17-3)12(9-10)18(15,16)14-6-4-5-7-14/h8-9H,4-7H2,1-3H3. The van der Waals surface area contributed by atoms with Crippen molar-refractivity contribution >= 4 is 10.0 Å². The number of ether oxygens (including phenoxy) is 1. The monoisotopic (exact) mass is 269 g/mol. The van der Waals surface area contributed by atoms with Gasteiger partial charge in [0.1, 0.15) is 10.6 Å². The second kappa shape index (κ2) is 4.90. The minimum atomic E-state index is -3.42. The van der Waals surface area contributed by atoms with Gasteiger partial charge in [0, 0.05) is 13.1 Å². The number of sulfonamides is 1. The Morgan fingerprint density at radius 3 is 2.33 bits per heavy atom. The zero-order valence-corrected chi connectivity index (χ0v) is 11.9. The second-order valence-electron chi connectivity index (χ2n) is 4.72. The molecule has 1 aromatic rings. The van der Waals surface area contributed by atoms with E-state index >= 15 is 0 Å². The van der Waals surface area contributed by atoms with Crippen molar-refractivity contribution in [1.29, 1.82) is 0 Å². The Bertz CT molecular complexity index is 546. The van der Waals surface area contributed by atoms with Gasteiger partial charge in [-0.15, -0.1) is 0 Å². The van der Waals surface area contributed by atoms with Crippen LogP contribution in [0, 0.1) is 13.8 Å². The van der Waals surface area contributed by atoms with Gasteiger partial charge in [-0.1, -0.05) is 6.07 Å². The van der Waals surface area contributed by atoms with Gasteiger partial charge in [-0.3, -0.25) is 0 Å². The van der Waals surface area contributed by atoms with Gasteiger partial charge in [0.25, 0.3) is 0 Å². The van der Waals surface area contributed by atoms with Crippen molar-refractivity contribution < 1.29 is 13.2 Å². The molecule has 1 aliphatic heterocycles. The second-order valence-corrected chi connectivity index (χ2v) is 6.63. The van der Waals surface area contributed by atoms with E-state index in [0.29, 0.717) is 23.7 Å². The summed E-state index contributed by atoms with van der Waals surface area (Å²) >= 11 is 0. The largest absolute Gasteiger partial charge is 0.495 e. The predicted octanol–water partition coefficient (Wildman–Crippen LogP) is 2.10. The lowest BCUT2D eigenvalue weighted by atomic mass is 10.1. The van der Waals surface area contributed by atoms with Crippen LogP contribution in [0.5, 0.6) is 5.75 Å². The van der Waals surface area contributed by atoms with Gasteiger partial charge in [-0.2, -0.15) is 4.31 Å². The molecule has 0 atom stereocenters. The molecule has 1 aliphatic rings. The average molecular weight is 269 g/mol. The van der Waals surface area contributed by atoms with E-state index in [4.69, 9.17) is 4.74 Å². The number of hydrogen-bond acceptors (Lipinski definition) is 3. The van der Waals surface area contributed by atoms with Crippen LogP contribution in [-0.2, 0) is 10.0 Å². The molecule has 0 radical (unpaired) electrons. The molecule has 5 heteroatoms. The highest BCUT2D eigenvalue weighted by atomic mass is 32.2. The van der Waals surface area contributed by atoms with E-state index in [1.165, 1.54) is 7.11 Å². The first-order valence-electron chi connectivity index (χ1n) is 6.12. The fourth-order valence-corrected chi connectivity index (χ4v) is 4.27. The molecule has 100 valence electrons. The summed E-state index contributed by atoms with van der Waals surface area (Å²) in [6.45, 7) is 4.99. The minimum absolute atomic E-state index is 0.296. The molecule has 0 aliphatic carbocycles. The first kappa shape index (κ1) is 13.4. The van der Waals surface area contributed by atoms with Crippen molar-refractivity contribution in [3.63, 3.8) is 0 Å². The van der Waals surface area contributed by atoms with Gasteiger partial charge in [0.15, 0.2) is 0 Å². The average Bonchev–Trinajstić information content (AvgIpc) is 2.82. The predicted molar refractivity (Wildman–Crippen MR) is 70.5 cm³/mol. The van der Waals surface area contributed by atoms with Crippen LogP contribution < -0.4 is 4.74 Å². The van der Waals surface area contributed by atoms with Gasteiger partial charge in [0.2, 0.25) is 10.0 Å². The van der Waals surface area contributed by atoms with Crippen LogP contribution in [0.15, 0.2) is 17.0 Å². The zero-order valence-electron chi connectivity index (χ0n) is 11.1. The van der Waals surface area contributed by atoms with Crippen molar-refractivity contribution in [3.8, 4) is 5.75 Å². The number of benzene rings is 1. The van der Waals surface area contributed by atoms with Gasteiger partial charge >= 0.3 is 0 Å². The lowest BCUT2D eigenvalue weighted by Gasteiger charge is -2.19. The maximum atomic E-state index is 12.6. The van der Waals surface area contributed by atoms with Gasteiger partial charge in [0.05, 0.1) is 7.11 Å². The third kappa shape index (κ3) is 2.24. The molecule has 1 aromatic carbocycles. The third-order valence-electron chi connectivity index (χ3n) is 3.27. The summed E-state index contributed by atoms with van der Waals surface area (Å²) in [5, 5.41) is 0. The Labute approximate surface area is 109 Å². The summed E-state index contributed by atoms with van der Waals surface area (Å²) in [6.07, 6.45) is 1.87. The highest BCUT2D eigenvalue weighted by molar-refractivity contribution is 7.89. The Kier molecular flexibility index (Phi) is 3.64. The molecule has 4 nitrogen and oxygen atoms in total. The number of hydrogen-bond donors (Lipinski definition) is 0. The van der Waals surface area contributed by atoms with Crippen LogP contribution in [0.3, 0.4) is 0 Å². The maximum absolute atomic E-state index is 12.6. The normalized spacial score (nSPS) is 17.1. The smallest absolute Gasteiger partial charge is 0.246 e. The zero-order chi connectivity index (χ0) is 13.3. The molecular formula is C13H19NO3S. The van der Waals surface area contributed by atoms with Crippen LogP contribution >= 0.6 is 0 Å². The molecule has 0 amide bonds. The van der Waals surface area contributed by atoms with Crippen LogP contribution in [0.2, 0.25) is 0 Å². The third-order valence-corrected chi connectivity index (χ3v) is 5.18. The van der Waals surface area contributed by atoms with E-state index in [0.717, 1.165) is 24.0 Å². The molecule has 0 unspecified atom stereocenters. The van der Waals surface area contributed by atoms with Crippen LogP contribution in [-0.4, -0.2) is 32.9 Å². The molecule has 2 rings (SSSR count). The van der Waals surface area contributed by atoms with E-state index in [-0.39, 0.29) is 0 Å². The molecule has 0 bridgehead atoms. The molecule has 1 saturated heterocycles. The number of nitrogens with zero attached hydrogens (tertiary/aromatic N) is 1. The van der Waals surface area contributed by atoms with Crippen LogP contribution in [0.1, 0.15) is 24.0 Å². The quantitative estimate of drug-likeness (QED) is 0.844. The Balaban J connectivity index is 2.55. The van der Waals surface area contributed by atoms with Crippen molar-refractivity contribution in [2.24, 2.45) is 0 Å². The van der Waals surface area contributed by atoms with Crippen LogP contribution in [0.4, 0.5) is 0 Å². The Hall–Kier alpha value is -1.07. The lowest BCUT2D eigenvalue weighted by molar-refractivity contribution is 0.395. The first-order chi connectivity index (χ1) is 8.46. The topological polar surface area (TPSA) is 46.6 Å². The summed E-state index contributed by atoms with van der Waals surface area (Å²) < 4.78 is 31.9. The van der Waals surface area contributed by atoms with E-state index in [2.05, 4.69) is 0 Å². The van der Waals surface area contributed by atoms with Crippen molar-refractivity contribution in [2.45, 2.75) is 31.6 Å². The molecule has 0 saturated carbocycles. The number of rotatable bonds is 3. The first-order valence-corrected chi connectivity index (χ1v) is 7.56. The van der Waals surface area contributed by atoms with E-state index in [1.807, 2.05) is 19.9 Å². The molecule has 18 heavy (non-hydrogen) atoms. The fourth-order valence-electron chi connectivity index (χ4n) is 2.44. The SMILES string of the molecule is COc1c(C)cc(C)cc1S(=O)(=O)N1CCCC1.